The molecule has 278 valence electrons. The fraction of sp³-hybridized carbons (Fsp3) is 0.308. The Labute approximate surface area is 319 Å². The largest absolute Gasteiger partial charge is 0.457 e. The number of piperidine rings is 2. The Morgan fingerprint density at radius 1 is 0.981 bits per heavy atom. The van der Waals surface area contributed by atoms with Gasteiger partial charge < -0.3 is 19.9 Å². The van der Waals surface area contributed by atoms with Gasteiger partial charge in [-0.05, 0) is 89.3 Å². The molecule has 2 N–H and O–H groups in total. The first-order valence-corrected chi connectivity index (χ1v) is 18.3. The molecule has 15 heteroatoms. The van der Waals surface area contributed by atoms with Crippen molar-refractivity contribution in [1.82, 2.24) is 29.8 Å². The van der Waals surface area contributed by atoms with E-state index in [1.54, 1.807) is 49.5 Å². The Morgan fingerprint density at radius 2 is 1.72 bits per heavy atom. The number of aromatic nitrogens is 2. The van der Waals surface area contributed by atoms with Crippen molar-refractivity contribution in [3.63, 3.8) is 0 Å². The summed E-state index contributed by atoms with van der Waals surface area (Å²) in [6, 6.07) is 18.5. The SMILES string of the molecule is CN1C[C@H](Nc2cnn(C)c(=O)c2Br)C[C@H](c2ccc(C(=O)N(C)Cc3ccc(Oc4cccc5c4C(=O)N(C4CCC(=O)NC4=O)C5=O)cc3)cc2)C1. The zero-order valence-corrected chi connectivity index (χ0v) is 31.5. The summed E-state index contributed by atoms with van der Waals surface area (Å²) >= 11 is 3.40. The van der Waals surface area contributed by atoms with Gasteiger partial charge in [0, 0.05) is 51.8 Å². The third-order valence-electron chi connectivity index (χ3n) is 10.0. The van der Waals surface area contributed by atoms with Crippen LogP contribution in [0.15, 0.2) is 82.2 Å². The van der Waals surface area contributed by atoms with Gasteiger partial charge in [-0.1, -0.05) is 30.3 Å². The molecule has 3 atom stereocenters. The zero-order chi connectivity index (χ0) is 38.3. The molecule has 2 saturated heterocycles. The standard InChI is InChI=1S/C39H38BrN7O7/c1-44-20-25(17-26(21-44)42-29-18-41-46(3)39(53)34(29)40)23-9-11-24(12-10-23)36(50)45(2)19-22-7-13-27(14-8-22)54-31-6-4-5-28-33(31)38(52)47(37(28)51)30-15-16-32(48)43-35(30)49/h4-14,18,25-26,30,42H,15-17,19-21H2,1-3H3,(H,43,48,49)/t25-,26+,30?/m0/s1. The van der Waals surface area contributed by atoms with Gasteiger partial charge in [0.05, 0.1) is 23.0 Å². The molecule has 14 nitrogen and oxygen atoms in total. The number of carbonyl (C=O) groups excluding carboxylic acids is 5. The van der Waals surface area contributed by atoms with Crippen LogP contribution in [0.4, 0.5) is 5.69 Å². The molecule has 7 rings (SSSR count). The predicted octanol–water partition coefficient (Wildman–Crippen LogP) is 3.91. The van der Waals surface area contributed by atoms with Crippen molar-refractivity contribution in [2.75, 3.05) is 32.5 Å². The average molecular weight is 797 g/mol. The predicted molar refractivity (Wildman–Crippen MR) is 201 cm³/mol. The highest BCUT2D eigenvalue weighted by Crippen LogP contribution is 2.36. The molecule has 4 aromatic rings. The minimum Gasteiger partial charge on any atom is -0.457 e. The van der Waals surface area contributed by atoms with E-state index in [0.29, 0.717) is 28.0 Å². The molecule has 3 aliphatic heterocycles. The van der Waals surface area contributed by atoms with E-state index in [2.05, 4.69) is 43.6 Å². The smallest absolute Gasteiger partial charge is 0.282 e. The van der Waals surface area contributed by atoms with Gasteiger partial charge in [-0.3, -0.25) is 39.0 Å². The first kappa shape index (κ1) is 36.7. The van der Waals surface area contributed by atoms with Gasteiger partial charge in [0.25, 0.3) is 23.3 Å². The fourth-order valence-electron chi connectivity index (χ4n) is 7.32. The molecule has 0 bridgehead atoms. The highest BCUT2D eigenvalue weighted by molar-refractivity contribution is 9.10. The first-order valence-electron chi connectivity index (χ1n) is 17.5. The molecule has 1 aromatic heterocycles. The van der Waals surface area contributed by atoms with Crippen molar-refractivity contribution in [2.45, 2.75) is 43.8 Å². The lowest BCUT2D eigenvalue weighted by Gasteiger charge is -2.37. The van der Waals surface area contributed by atoms with Crippen LogP contribution in [0.3, 0.4) is 0 Å². The van der Waals surface area contributed by atoms with E-state index < -0.39 is 29.7 Å². The number of halogens is 1. The fourth-order valence-corrected chi connectivity index (χ4v) is 7.79. The summed E-state index contributed by atoms with van der Waals surface area (Å²) in [5.41, 5.74) is 3.20. The van der Waals surface area contributed by atoms with E-state index in [-0.39, 0.29) is 53.1 Å². The second-order valence-corrected chi connectivity index (χ2v) is 14.7. The summed E-state index contributed by atoms with van der Waals surface area (Å²) in [6.07, 6.45) is 2.59. The maximum atomic E-state index is 13.4. The lowest BCUT2D eigenvalue weighted by Crippen LogP contribution is -2.54. The van der Waals surface area contributed by atoms with Crippen LogP contribution in [0.5, 0.6) is 11.5 Å². The van der Waals surface area contributed by atoms with Gasteiger partial charge in [-0.15, -0.1) is 0 Å². The molecule has 1 unspecified atom stereocenters. The number of aryl methyl sites for hydroxylation is 1. The third kappa shape index (κ3) is 7.28. The number of likely N-dealkylation sites (N-methyl/N-ethyl adjacent to an activating group) is 1. The number of rotatable bonds is 9. The Morgan fingerprint density at radius 3 is 2.44 bits per heavy atom. The quantitative estimate of drug-likeness (QED) is 0.238. The van der Waals surface area contributed by atoms with Crippen LogP contribution in [0, 0.1) is 0 Å². The van der Waals surface area contributed by atoms with E-state index in [9.17, 15) is 28.8 Å². The molecular weight excluding hydrogens is 758 g/mol. The number of nitrogens with one attached hydrogen (secondary N) is 2. The Balaban J connectivity index is 0.964. The van der Waals surface area contributed by atoms with E-state index >= 15 is 0 Å². The number of carbonyl (C=O) groups is 5. The third-order valence-corrected chi connectivity index (χ3v) is 10.8. The number of anilines is 1. The van der Waals surface area contributed by atoms with E-state index in [0.717, 1.165) is 35.5 Å². The van der Waals surface area contributed by atoms with Gasteiger partial charge in [0.15, 0.2) is 0 Å². The summed E-state index contributed by atoms with van der Waals surface area (Å²) in [5, 5.41) is 9.81. The summed E-state index contributed by atoms with van der Waals surface area (Å²) in [7, 11) is 5.42. The summed E-state index contributed by atoms with van der Waals surface area (Å²) in [6.45, 7) is 2.01. The minimum atomic E-state index is -1.07. The van der Waals surface area contributed by atoms with Gasteiger partial charge in [0.2, 0.25) is 11.8 Å². The topological polar surface area (TPSA) is 163 Å². The molecular formula is C39H38BrN7O7. The minimum absolute atomic E-state index is 0.0306. The Kier molecular flexibility index (Phi) is 10.2. The summed E-state index contributed by atoms with van der Waals surface area (Å²) in [4.78, 5) is 81.2. The van der Waals surface area contributed by atoms with E-state index in [1.807, 2.05) is 36.4 Å². The number of imide groups is 2. The van der Waals surface area contributed by atoms with Crippen LogP contribution in [-0.2, 0) is 23.2 Å². The highest BCUT2D eigenvalue weighted by Gasteiger charge is 2.46. The number of hydrogen-bond donors (Lipinski definition) is 2. The van der Waals surface area contributed by atoms with Crippen LogP contribution >= 0.6 is 15.9 Å². The molecule has 4 heterocycles. The molecule has 5 amide bonds. The van der Waals surface area contributed by atoms with Gasteiger partial charge in [0.1, 0.15) is 22.0 Å². The lowest BCUT2D eigenvalue weighted by atomic mass is 9.87. The maximum absolute atomic E-state index is 13.4. The maximum Gasteiger partial charge on any atom is 0.282 e. The van der Waals surface area contributed by atoms with Crippen LogP contribution in [0.25, 0.3) is 0 Å². The number of nitrogens with zero attached hydrogens (tertiary/aromatic N) is 5. The number of ether oxygens (including phenoxy) is 1. The highest BCUT2D eigenvalue weighted by atomic mass is 79.9. The second kappa shape index (κ2) is 15.0. The van der Waals surface area contributed by atoms with Gasteiger partial charge in [-0.2, -0.15) is 5.10 Å². The normalized spacial score (nSPS) is 20.1. The Bertz CT molecular complexity index is 2220. The lowest BCUT2D eigenvalue weighted by molar-refractivity contribution is -0.136. The number of likely N-dealkylation sites (tertiary alicyclic amines) is 1. The number of fused-ring (bicyclic) bond motifs is 1. The van der Waals surface area contributed by atoms with Crippen molar-refractivity contribution in [3.05, 3.63) is 116 Å². The summed E-state index contributed by atoms with van der Waals surface area (Å²) < 4.78 is 7.79. The first-order chi connectivity index (χ1) is 25.9. The molecule has 2 fully saturated rings. The zero-order valence-electron chi connectivity index (χ0n) is 29.9. The van der Waals surface area contributed by atoms with Crippen molar-refractivity contribution in [2.24, 2.45) is 7.05 Å². The van der Waals surface area contributed by atoms with Crippen LogP contribution in [0.2, 0.25) is 0 Å². The van der Waals surface area contributed by atoms with Gasteiger partial charge >= 0.3 is 0 Å². The van der Waals surface area contributed by atoms with Crippen molar-refractivity contribution >= 4 is 51.2 Å². The monoisotopic (exact) mass is 795 g/mol. The molecule has 0 saturated carbocycles. The number of hydrogen-bond acceptors (Lipinski definition) is 10. The van der Waals surface area contributed by atoms with Gasteiger partial charge in [-0.25, -0.2) is 4.68 Å². The molecule has 3 aliphatic rings. The van der Waals surface area contributed by atoms with Crippen LogP contribution < -0.4 is 20.9 Å². The number of amides is 5. The van der Waals surface area contributed by atoms with Crippen molar-refractivity contribution in [1.29, 1.82) is 0 Å². The van der Waals surface area contributed by atoms with Crippen molar-refractivity contribution < 1.29 is 28.7 Å². The number of benzene rings is 3. The van der Waals surface area contributed by atoms with Crippen LogP contribution in [-0.4, -0.2) is 93.3 Å². The average Bonchev–Trinajstić information content (AvgIpc) is 3.41. The summed E-state index contributed by atoms with van der Waals surface area (Å²) in [5.74, 6) is -1.70. The molecule has 0 spiro atoms. The van der Waals surface area contributed by atoms with Crippen LogP contribution in [0.1, 0.15) is 67.4 Å². The van der Waals surface area contributed by atoms with Crippen molar-refractivity contribution in [3.8, 4) is 11.5 Å². The van der Waals surface area contributed by atoms with E-state index in [1.165, 1.54) is 10.7 Å². The van der Waals surface area contributed by atoms with E-state index in [4.69, 9.17) is 4.74 Å². The molecule has 54 heavy (non-hydrogen) atoms. The second-order valence-electron chi connectivity index (χ2n) is 14.0. The Hall–Kier alpha value is -5.67. The molecule has 3 aromatic carbocycles. The molecule has 0 radical (unpaired) electrons. The molecule has 0 aliphatic carbocycles.